The molecule has 0 spiro atoms. The Kier molecular flexibility index (Phi) is 41.9. The molecule has 15 atom stereocenters. The van der Waals surface area contributed by atoms with Crippen molar-refractivity contribution in [1.82, 2.24) is 49.9 Å². The number of benzene rings is 1. The number of hydrogen-bond acceptors (Lipinski definition) is 31. The third-order valence-electron chi connectivity index (χ3n) is 23.4. The minimum Gasteiger partial charge on any atom is -0.460 e. The number of oxazole rings is 1. The summed E-state index contributed by atoms with van der Waals surface area (Å²) < 4.78 is 90.8. The van der Waals surface area contributed by atoms with Gasteiger partial charge in [0.2, 0.25) is 11.7 Å². The molecular formula is C89H134N12O23. The number of hydrogen-bond donors (Lipinski definition) is 5. The molecular weight excluding hydrogens is 1610 g/mol. The number of carbonyl (C=O) groups is 6. The van der Waals surface area contributed by atoms with Gasteiger partial charge in [-0.2, -0.15) is 10.1 Å². The van der Waals surface area contributed by atoms with Crippen molar-refractivity contribution in [2.45, 2.75) is 219 Å². The number of anilines is 2. The van der Waals surface area contributed by atoms with E-state index in [1.54, 1.807) is 56.5 Å². The number of ether oxygens (including phenoxy) is 14. The quantitative estimate of drug-likeness (QED) is 0.0106. The maximum absolute atomic E-state index is 14.8. The summed E-state index contributed by atoms with van der Waals surface area (Å²) in [7, 11) is 4.61. The summed E-state index contributed by atoms with van der Waals surface area (Å²) >= 11 is 0. The molecule has 3 fully saturated rings. The standard InChI is InChI=1S/C89H134N12O23/c1-58-18-12-11-13-19-59(2)74(110-8)53-68-25-22-64(7)89(109,124-68)83(106)86(107)100-29-16-14-20-70(100)87(108)122-75(54-71(102)60(3)49-63(6)81(105)82(112-10)80(104)62(5)48-58)61(4)50-65-23-26-73(76(51-65)111-9)121-47-46-120-56-67-55-99(98-96-67)31-33-114-35-37-116-39-41-118-43-45-119-44-42-117-40-38-115-36-34-113-32-28-92-77(103)21-15-17-30-101-85-78(84(90)93-57-94-85)79(97-101)66-24-27-72-69(52-66)95-88(91)123-72/h11-13,18-19,24,27,49,52,55,57-58,60-62,64-65,68,70,73-76,81-82,105,109H,14-17,20-23,25-26,28-48,50-51,53-54,56H2,1-10H3,(H2,91,95)(H,92,103)(H2,90,93,94)/b13-11+,18-12+,59-19+,63-49+/t58-,60-,61-,62-,64-,65+,68+,70+,73-,74+,75+,76-,81-,82+,89-/m1/s1. The summed E-state index contributed by atoms with van der Waals surface area (Å²) in [6.07, 6.45) is 16.3. The predicted molar refractivity (Wildman–Crippen MR) is 458 cm³/mol. The van der Waals surface area contributed by atoms with Crippen molar-refractivity contribution >= 4 is 69.1 Å². The number of methoxy groups -OCH3 is 3. The summed E-state index contributed by atoms with van der Waals surface area (Å²) in [6.45, 7) is 20.7. The smallest absolute Gasteiger partial charge is 0.329 e. The number of nitrogens with two attached hydrogens (primary N) is 2. The van der Waals surface area contributed by atoms with Crippen LogP contribution in [0.2, 0.25) is 0 Å². The number of aliphatic hydroxyl groups is 2. The Bertz CT molecular complexity index is 4260. The molecule has 0 radical (unpaired) electrons. The lowest BCUT2D eigenvalue weighted by Gasteiger charge is -2.42. The molecule has 0 unspecified atom stereocenters. The molecule has 2 amide bonds. The fourth-order valence-corrected chi connectivity index (χ4v) is 16.2. The van der Waals surface area contributed by atoms with Crippen LogP contribution in [0.5, 0.6) is 0 Å². The Labute approximate surface area is 726 Å². The number of amides is 2. The average Bonchev–Trinajstić information content (AvgIpc) is 1.71. The molecule has 3 aliphatic heterocycles. The predicted octanol–water partition coefficient (Wildman–Crippen LogP) is 8.23. The first-order valence-electron chi connectivity index (χ1n) is 43.9. The number of aromatic nitrogens is 8. The summed E-state index contributed by atoms with van der Waals surface area (Å²) in [5.41, 5.74) is 17.1. The average molecular weight is 1740 g/mol. The molecule has 35 heteroatoms. The Balaban J connectivity index is 0.601. The number of ketones is 3. The van der Waals surface area contributed by atoms with Gasteiger partial charge in [0.15, 0.2) is 17.0 Å². The topological polar surface area (TPSA) is 440 Å². The monoisotopic (exact) mass is 1740 g/mol. The lowest BCUT2D eigenvalue weighted by atomic mass is 9.78. The van der Waals surface area contributed by atoms with Crippen molar-refractivity contribution in [3.63, 3.8) is 0 Å². The van der Waals surface area contributed by atoms with Crippen LogP contribution in [0.25, 0.3) is 33.4 Å². The molecule has 1 aliphatic carbocycles. The highest BCUT2D eigenvalue weighted by Gasteiger charge is 2.53. The van der Waals surface area contributed by atoms with Gasteiger partial charge in [0.1, 0.15) is 59.2 Å². The van der Waals surface area contributed by atoms with Gasteiger partial charge in [-0.3, -0.25) is 24.0 Å². The molecule has 4 aliphatic rings. The summed E-state index contributed by atoms with van der Waals surface area (Å²) in [5, 5.41) is 40.6. The largest absolute Gasteiger partial charge is 0.460 e. The molecule has 5 aromatic rings. The third kappa shape index (κ3) is 30.5. The second kappa shape index (κ2) is 52.1. The lowest BCUT2D eigenvalue weighted by Crippen LogP contribution is -2.61. The fraction of sp³-hybridized carbons (Fsp3) is 0.685. The third-order valence-corrected chi connectivity index (χ3v) is 23.4. The maximum Gasteiger partial charge on any atom is 0.329 e. The summed E-state index contributed by atoms with van der Waals surface area (Å²) in [6, 6.07) is 4.37. The van der Waals surface area contributed by atoms with Crippen molar-refractivity contribution in [1.29, 1.82) is 0 Å². The number of nitrogen functional groups attached to an aromatic ring is 2. The van der Waals surface area contributed by atoms with Crippen molar-refractivity contribution in [3.8, 4) is 11.3 Å². The Morgan fingerprint density at radius 1 is 0.734 bits per heavy atom. The number of esters is 1. The first-order chi connectivity index (χ1) is 59.9. The number of nitrogens with zero attached hydrogens (tertiary/aromatic N) is 9. The zero-order chi connectivity index (χ0) is 88.9. The second-order valence-corrected chi connectivity index (χ2v) is 32.8. The van der Waals surface area contributed by atoms with Crippen molar-refractivity contribution in [3.05, 3.63) is 84.0 Å². The Morgan fingerprint density at radius 3 is 2.12 bits per heavy atom. The number of carbonyl (C=O) groups excluding carboxylic acids is 6. The number of rotatable bonds is 42. The van der Waals surface area contributed by atoms with E-state index >= 15 is 0 Å². The summed E-state index contributed by atoms with van der Waals surface area (Å²) in [4.78, 5) is 98.8. The van der Waals surface area contributed by atoms with Crippen LogP contribution in [0.4, 0.5) is 11.8 Å². The number of unbranched alkanes of at least 4 members (excludes halogenated alkanes) is 1. The molecule has 2 saturated heterocycles. The van der Waals surface area contributed by atoms with Crippen LogP contribution < -0.4 is 16.8 Å². The number of allylic oxidation sites excluding steroid dienone is 6. The van der Waals surface area contributed by atoms with E-state index in [-0.39, 0.29) is 79.4 Å². The first-order valence-corrected chi connectivity index (χ1v) is 43.9. The number of fused-ring (bicyclic) bond motifs is 5. The second-order valence-electron chi connectivity index (χ2n) is 32.8. The normalized spacial score (nSPS) is 26.9. The fourth-order valence-electron chi connectivity index (χ4n) is 16.2. The molecule has 9 rings (SSSR count). The van der Waals surface area contributed by atoms with Gasteiger partial charge in [0, 0.05) is 83.5 Å². The van der Waals surface area contributed by atoms with Crippen molar-refractivity contribution in [2.75, 3.05) is 152 Å². The van der Waals surface area contributed by atoms with Gasteiger partial charge in [-0.1, -0.05) is 76.3 Å². The number of aryl methyl sites for hydroxylation is 1. The zero-order valence-corrected chi connectivity index (χ0v) is 74.0. The molecule has 7 heterocycles. The maximum atomic E-state index is 14.8. The number of piperidine rings is 1. The van der Waals surface area contributed by atoms with Crippen LogP contribution in [-0.4, -0.2) is 285 Å². The first kappa shape index (κ1) is 99.5. The number of nitrogens with one attached hydrogen (secondary N) is 1. The highest BCUT2D eigenvalue weighted by molar-refractivity contribution is 6.39. The molecule has 7 N–H and O–H groups in total. The van der Waals surface area contributed by atoms with Crippen LogP contribution in [0.3, 0.4) is 0 Å². The van der Waals surface area contributed by atoms with Gasteiger partial charge in [-0.25, -0.2) is 24.1 Å². The minimum atomic E-state index is -2.47. The van der Waals surface area contributed by atoms with E-state index in [0.29, 0.717) is 247 Å². The lowest BCUT2D eigenvalue weighted by molar-refractivity contribution is -0.265. The zero-order valence-electron chi connectivity index (χ0n) is 74.0. The van der Waals surface area contributed by atoms with E-state index in [0.717, 1.165) is 17.6 Å². The van der Waals surface area contributed by atoms with Gasteiger partial charge >= 0.3 is 5.97 Å². The summed E-state index contributed by atoms with van der Waals surface area (Å²) in [5.74, 6) is -8.05. The Morgan fingerprint density at radius 2 is 1.43 bits per heavy atom. The van der Waals surface area contributed by atoms with Crippen LogP contribution >= 0.6 is 0 Å². The molecule has 1 aromatic carbocycles. The molecule has 35 nitrogen and oxygen atoms in total. The molecule has 688 valence electrons. The van der Waals surface area contributed by atoms with E-state index in [1.165, 1.54) is 18.3 Å². The van der Waals surface area contributed by atoms with E-state index in [1.807, 2.05) is 76.4 Å². The van der Waals surface area contributed by atoms with E-state index in [2.05, 4.69) is 30.6 Å². The molecule has 1 saturated carbocycles. The van der Waals surface area contributed by atoms with Crippen LogP contribution in [0, 0.1) is 35.5 Å². The van der Waals surface area contributed by atoms with Crippen molar-refractivity contribution < 1.29 is 110 Å². The van der Waals surface area contributed by atoms with Gasteiger partial charge in [-0.15, -0.1) is 5.10 Å². The molecule has 124 heavy (non-hydrogen) atoms. The van der Waals surface area contributed by atoms with Gasteiger partial charge in [0.25, 0.3) is 17.7 Å². The molecule has 4 aromatic heterocycles. The number of Topliss-reactive ketones (excluding diaryl/α,β-unsaturated/α-hetero) is 3. The van der Waals surface area contributed by atoms with Gasteiger partial charge in [0.05, 0.1) is 155 Å². The Hall–Kier alpha value is -8.24. The van der Waals surface area contributed by atoms with Crippen LogP contribution in [0.1, 0.15) is 150 Å². The number of cyclic esters (lactones) is 1. The van der Waals surface area contributed by atoms with Crippen LogP contribution in [0.15, 0.2) is 82.7 Å². The minimum absolute atomic E-state index is 0.00899. The highest BCUT2D eigenvalue weighted by atomic mass is 16.6. The molecule has 2 bridgehead atoms. The highest BCUT2D eigenvalue weighted by Crippen LogP contribution is 2.39. The van der Waals surface area contributed by atoms with Gasteiger partial charge in [-0.05, 0) is 138 Å². The van der Waals surface area contributed by atoms with Crippen LogP contribution in [-0.2, 0) is 115 Å². The van der Waals surface area contributed by atoms with Gasteiger partial charge < -0.3 is 103 Å². The van der Waals surface area contributed by atoms with Crippen molar-refractivity contribution in [2.24, 2.45) is 35.5 Å². The van der Waals surface area contributed by atoms with E-state index < -0.39 is 77.8 Å². The SMILES string of the molecule is CO[C@H]1C[C@@H]2CC[C@@H](C)[C@@](O)(O2)C(=O)C(=O)N2CCCC[C@H]2C(=O)O[C@H]([C@H](C)C[C@@H]2CC[C@@H](OCCOCc3cn(CCOCCOCCOCCOCCOCCOCCOCCNC(=O)CCCCn4nc(-c5ccc6oc(N)nc6c5)c5c(N)ncnc54)nn3)[C@H](OC)C2)CC(=O)[C@H](C)/C=C(\C)[C@@H](O)[C@@H](OC)C(=O)[C@H](C)C[C@H](C)/C=C/C=C/C=C/1C. The van der Waals surface area contributed by atoms with E-state index in [4.69, 9.17) is 87.3 Å². The number of aliphatic hydroxyl groups excluding tert-OH is 1. The van der Waals surface area contributed by atoms with E-state index in [9.17, 15) is 39.0 Å².